The second kappa shape index (κ2) is 8.61. The Hall–Kier alpha value is -3.28. The van der Waals surface area contributed by atoms with Crippen LogP contribution in [0.1, 0.15) is 18.4 Å². The van der Waals surface area contributed by atoms with E-state index in [9.17, 15) is 4.79 Å². The number of carbonyl (C=O) groups is 1. The number of piperidine rings is 1. The van der Waals surface area contributed by atoms with Gasteiger partial charge in [-0.2, -0.15) is 0 Å². The van der Waals surface area contributed by atoms with Gasteiger partial charge in [0, 0.05) is 43.6 Å². The summed E-state index contributed by atoms with van der Waals surface area (Å²) in [6.07, 6.45) is 5.31. The van der Waals surface area contributed by atoms with Gasteiger partial charge in [0.05, 0.1) is 12.8 Å². The van der Waals surface area contributed by atoms with Gasteiger partial charge in [-0.3, -0.25) is 4.57 Å². The molecule has 2 heterocycles. The summed E-state index contributed by atoms with van der Waals surface area (Å²) < 4.78 is 6.83. The number of ether oxygens (including phenoxy) is 1. The van der Waals surface area contributed by atoms with Gasteiger partial charge in [0.1, 0.15) is 12.1 Å². The number of carbonyl (C=O) groups excluding carboxylic acids is 1. The molecule has 0 radical (unpaired) electrons. The van der Waals surface area contributed by atoms with E-state index in [1.165, 1.54) is 11.3 Å². The summed E-state index contributed by atoms with van der Waals surface area (Å²) >= 11 is 0. The molecule has 1 amide bonds. The lowest BCUT2D eigenvalue weighted by atomic mass is 10.0. The summed E-state index contributed by atoms with van der Waals surface area (Å²) in [5.41, 5.74) is 4.21. The number of imidazole rings is 1. The van der Waals surface area contributed by atoms with Crippen LogP contribution in [-0.2, 0) is 0 Å². The lowest BCUT2D eigenvalue weighted by Crippen LogP contribution is -2.46. The summed E-state index contributed by atoms with van der Waals surface area (Å²) in [5, 5.41) is 0. The summed E-state index contributed by atoms with van der Waals surface area (Å²) in [6, 6.07) is 16.5. The molecule has 0 aliphatic carbocycles. The molecule has 0 spiro atoms. The molecule has 30 heavy (non-hydrogen) atoms. The SMILES string of the molecule is COc1ccc(N2CCC(N(C)C(=O)n3cnc(-c4cccc(C)c4)c3)CC2)cc1. The van der Waals surface area contributed by atoms with Crippen LogP contribution in [0.25, 0.3) is 11.3 Å². The minimum absolute atomic E-state index is 0.0377. The molecule has 6 nitrogen and oxygen atoms in total. The topological polar surface area (TPSA) is 50.6 Å². The van der Waals surface area contributed by atoms with Crippen molar-refractivity contribution < 1.29 is 9.53 Å². The largest absolute Gasteiger partial charge is 0.497 e. The fourth-order valence-corrected chi connectivity index (χ4v) is 4.02. The highest BCUT2D eigenvalue weighted by Crippen LogP contribution is 2.25. The minimum Gasteiger partial charge on any atom is -0.497 e. The first-order chi connectivity index (χ1) is 14.5. The Bertz CT molecular complexity index is 1000. The highest BCUT2D eigenvalue weighted by Gasteiger charge is 2.26. The molecule has 2 aromatic carbocycles. The van der Waals surface area contributed by atoms with Crippen molar-refractivity contribution in [1.82, 2.24) is 14.5 Å². The van der Waals surface area contributed by atoms with Gasteiger partial charge in [-0.05, 0) is 50.1 Å². The Labute approximate surface area is 177 Å². The van der Waals surface area contributed by atoms with E-state index in [1.54, 1.807) is 18.0 Å². The van der Waals surface area contributed by atoms with Crippen LogP contribution in [0.5, 0.6) is 5.75 Å². The number of anilines is 1. The molecule has 0 unspecified atom stereocenters. The molecule has 1 aliphatic heterocycles. The van der Waals surface area contributed by atoms with Crippen molar-refractivity contribution in [2.24, 2.45) is 0 Å². The maximum Gasteiger partial charge on any atom is 0.329 e. The molecule has 0 bridgehead atoms. The molecule has 1 aromatic heterocycles. The number of nitrogens with zero attached hydrogens (tertiary/aromatic N) is 4. The predicted octanol–water partition coefficient (Wildman–Crippen LogP) is 4.44. The Morgan fingerprint density at radius 1 is 1.13 bits per heavy atom. The summed E-state index contributed by atoms with van der Waals surface area (Å²) in [7, 11) is 3.57. The van der Waals surface area contributed by atoms with E-state index in [-0.39, 0.29) is 12.1 Å². The lowest BCUT2D eigenvalue weighted by Gasteiger charge is -2.37. The summed E-state index contributed by atoms with van der Waals surface area (Å²) in [5.74, 6) is 0.865. The molecule has 3 aromatic rings. The number of rotatable bonds is 4. The highest BCUT2D eigenvalue weighted by molar-refractivity contribution is 5.78. The smallest absolute Gasteiger partial charge is 0.329 e. The van der Waals surface area contributed by atoms with Crippen LogP contribution >= 0.6 is 0 Å². The van der Waals surface area contributed by atoms with Crippen molar-refractivity contribution in [1.29, 1.82) is 0 Å². The molecular weight excluding hydrogens is 376 g/mol. The van der Waals surface area contributed by atoms with Gasteiger partial charge in [0.15, 0.2) is 0 Å². The normalized spacial score (nSPS) is 14.6. The second-order valence-electron chi connectivity index (χ2n) is 7.85. The average Bonchev–Trinajstić information content (AvgIpc) is 3.29. The number of aryl methyl sites for hydroxylation is 1. The molecule has 0 atom stereocenters. The van der Waals surface area contributed by atoms with Gasteiger partial charge in [-0.1, -0.05) is 23.8 Å². The van der Waals surface area contributed by atoms with Gasteiger partial charge in [0.2, 0.25) is 0 Å². The minimum atomic E-state index is -0.0377. The van der Waals surface area contributed by atoms with Crippen LogP contribution in [0.3, 0.4) is 0 Å². The van der Waals surface area contributed by atoms with E-state index in [4.69, 9.17) is 4.74 Å². The average molecular weight is 405 g/mol. The van der Waals surface area contributed by atoms with Crippen molar-refractivity contribution in [3.05, 3.63) is 66.6 Å². The fourth-order valence-electron chi connectivity index (χ4n) is 4.02. The van der Waals surface area contributed by atoms with Crippen LogP contribution < -0.4 is 9.64 Å². The Morgan fingerprint density at radius 2 is 1.87 bits per heavy atom. The second-order valence-corrected chi connectivity index (χ2v) is 7.85. The van der Waals surface area contributed by atoms with E-state index in [1.807, 2.05) is 42.4 Å². The molecule has 6 heteroatoms. The van der Waals surface area contributed by atoms with Crippen molar-refractivity contribution in [3.8, 4) is 17.0 Å². The van der Waals surface area contributed by atoms with Gasteiger partial charge >= 0.3 is 6.03 Å². The zero-order chi connectivity index (χ0) is 21.1. The van der Waals surface area contributed by atoms with Gasteiger partial charge in [-0.15, -0.1) is 0 Å². The van der Waals surface area contributed by atoms with E-state index in [2.05, 4.69) is 41.1 Å². The Morgan fingerprint density at radius 3 is 2.53 bits per heavy atom. The van der Waals surface area contributed by atoms with Crippen molar-refractivity contribution >= 4 is 11.7 Å². The van der Waals surface area contributed by atoms with Gasteiger partial charge in [0.25, 0.3) is 0 Å². The highest BCUT2D eigenvalue weighted by atomic mass is 16.5. The molecule has 4 rings (SSSR count). The summed E-state index contributed by atoms with van der Waals surface area (Å²) in [4.78, 5) is 21.7. The number of methoxy groups -OCH3 is 1. The number of aromatic nitrogens is 2. The molecule has 0 N–H and O–H groups in total. The first-order valence-corrected chi connectivity index (χ1v) is 10.3. The molecule has 1 fully saturated rings. The van der Waals surface area contributed by atoms with Gasteiger partial charge < -0.3 is 14.5 Å². The van der Waals surface area contributed by atoms with Crippen molar-refractivity contribution in [2.75, 3.05) is 32.1 Å². The Balaban J connectivity index is 1.38. The van der Waals surface area contributed by atoms with Crippen molar-refractivity contribution in [2.45, 2.75) is 25.8 Å². The van der Waals surface area contributed by atoms with E-state index in [0.717, 1.165) is 42.9 Å². The monoisotopic (exact) mass is 404 g/mol. The molecule has 0 saturated carbocycles. The quantitative estimate of drug-likeness (QED) is 0.645. The van der Waals surface area contributed by atoms with E-state index < -0.39 is 0 Å². The van der Waals surface area contributed by atoms with Crippen molar-refractivity contribution in [3.63, 3.8) is 0 Å². The van der Waals surface area contributed by atoms with Crippen LogP contribution in [-0.4, -0.2) is 53.8 Å². The Kier molecular flexibility index (Phi) is 5.74. The van der Waals surface area contributed by atoms with Gasteiger partial charge in [-0.25, -0.2) is 9.78 Å². The third-order valence-corrected chi connectivity index (χ3v) is 5.87. The van der Waals surface area contributed by atoms with Crippen LogP contribution in [0.4, 0.5) is 10.5 Å². The van der Waals surface area contributed by atoms with Crippen LogP contribution in [0.15, 0.2) is 61.1 Å². The third kappa shape index (κ3) is 4.17. The molecule has 1 aliphatic rings. The number of hydrogen-bond acceptors (Lipinski definition) is 4. The molecule has 1 saturated heterocycles. The maximum atomic E-state index is 13.0. The first-order valence-electron chi connectivity index (χ1n) is 10.3. The molecular formula is C24H28N4O2. The number of benzene rings is 2. The zero-order valence-electron chi connectivity index (χ0n) is 17.8. The van der Waals surface area contributed by atoms with E-state index in [0.29, 0.717) is 0 Å². The zero-order valence-corrected chi connectivity index (χ0v) is 17.8. The number of amides is 1. The summed E-state index contributed by atoms with van der Waals surface area (Å²) in [6.45, 7) is 3.90. The van der Waals surface area contributed by atoms with E-state index >= 15 is 0 Å². The standard InChI is InChI=1S/C24H28N4O2/c1-18-5-4-6-19(15-18)23-16-28(17-25-23)24(29)26(2)20-11-13-27(14-12-20)21-7-9-22(30-3)10-8-21/h4-10,15-17,20H,11-14H2,1-3H3. The van der Waals surface area contributed by atoms with Crippen LogP contribution in [0.2, 0.25) is 0 Å². The predicted molar refractivity (Wildman–Crippen MR) is 119 cm³/mol. The first kappa shape index (κ1) is 20.0. The number of hydrogen-bond donors (Lipinski definition) is 0. The maximum absolute atomic E-state index is 13.0. The third-order valence-electron chi connectivity index (χ3n) is 5.87. The van der Waals surface area contributed by atoms with Crippen LogP contribution in [0, 0.1) is 6.92 Å². The fraction of sp³-hybridized carbons (Fsp3) is 0.333. The molecule has 156 valence electrons. The lowest BCUT2D eigenvalue weighted by molar-refractivity contribution is 0.181.